The minimum atomic E-state index is -3.64. The highest BCUT2D eigenvalue weighted by Gasteiger charge is 2.16. The van der Waals surface area contributed by atoms with Crippen LogP contribution in [0.15, 0.2) is 24.3 Å². The summed E-state index contributed by atoms with van der Waals surface area (Å²) in [7, 11) is -0.934. The summed E-state index contributed by atoms with van der Waals surface area (Å²) >= 11 is 0. The van der Waals surface area contributed by atoms with Gasteiger partial charge in [-0.2, -0.15) is 0 Å². The first-order chi connectivity index (χ1) is 9.89. The van der Waals surface area contributed by atoms with E-state index in [9.17, 15) is 18.0 Å². The topological polar surface area (TPSA) is 102 Å². The molecule has 0 saturated carbocycles. The van der Waals surface area contributed by atoms with Crippen LogP contribution in [0.1, 0.15) is 23.2 Å². The van der Waals surface area contributed by atoms with Crippen molar-refractivity contribution in [3.8, 4) is 0 Å². The highest BCUT2D eigenvalue weighted by Crippen LogP contribution is 2.17. The predicted molar refractivity (Wildman–Crippen MR) is 78.5 cm³/mol. The Hall–Kier alpha value is -2.09. The van der Waals surface area contributed by atoms with Crippen molar-refractivity contribution >= 4 is 27.6 Å². The van der Waals surface area contributed by atoms with Crippen molar-refractivity contribution in [3.63, 3.8) is 0 Å². The second-order valence-corrected chi connectivity index (χ2v) is 6.07. The number of amides is 1. The maximum atomic E-state index is 11.9. The SMILES string of the molecule is CNC(=O)c1ccccc1NS(=O)(=O)CCCC(=O)OC. The molecule has 0 radical (unpaired) electrons. The quantitative estimate of drug-likeness (QED) is 0.723. The number of nitrogens with one attached hydrogen (secondary N) is 2. The molecule has 0 aliphatic carbocycles. The normalized spacial score (nSPS) is 10.8. The van der Waals surface area contributed by atoms with E-state index in [1.54, 1.807) is 12.1 Å². The third-order valence-corrected chi connectivity index (χ3v) is 4.04. The Morgan fingerprint density at radius 3 is 2.52 bits per heavy atom. The zero-order valence-electron chi connectivity index (χ0n) is 11.9. The van der Waals surface area contributed by atoms with Gasteiger partial charge in [0.25, 0.3) is 5.91 Å². The van der Waals surface area contributed by atoms with Gasteiger partial charge in [0.1, 0.15) is 0 Å². The van der Waals surface area contributed by atoms with Gasteiger partial charge in [-0.15, -0.1) is 0 Å². The predicted octanol–water partition coefficient (Wildman–Crippen LogP) is 0.741. The maximum Gasteiger partial charge on any atom is 0.305 e. The van der Waals surface area contributed by atoms with Gasteiger partial charge < -0.3 is 10.1 Å². The summed E-state index contributed by atoms with van der Waals surface area (Å²) in [5.74, 6) is -1.08. The molecule has 0 heterocycles. The lowest BCUT2D eigenvalue weighted by atomic mass is 10.2. The molecule has 0 fully saturated rings. The Morgan fingerprint density at radius 2 is 1.90 bits per heavy atom. The molecule has 0 aliphatic rings. The van der Waals surface area contributed by atoms with Crippen LogP contribution < -0.4 is 10.0 Å². The fourth-order valence-electron chi connectivity index (χ4n) is 1.63. The van der Waals surface area contributed by atoms with Crippen molar-refractivity contribution < 1.29 is 22.7 Å². The summed E-state index contributed by atoms with van der Waals surface area (Å²) in [5, 5.41) is 2.44. The van der Waals surface area contributed by atoms with Gasteiger partial charge in [0, 0.05) is 13.5 Å². The monoisotopic (exact) mass is 314 g/mol. The Balaban J connectivity index is 2.76. The van der Waals surface area contributed by atoms with Gasteiger partial charge in [0.05, 0.1) is 24.1 Å². The molecule has 0 saturated heterocycles. The van der Waals surface area contributed by atoms with E-state index in [-0.39, 0.29) is 35.8 Å². The van der Waals surface area contributed by atoms with Crippen molar-refractivity contribution in [2.45, 2.75) is 12.8 Å². The zero-order chi connectivity index (χ0) is 15.9. The first-order valence-electron chi connectivity index (χ1n) is 6.28. The molecule has 8 heteroatoms. The molecule has 0 spiro atoms. The minimum absolute atomic E-state index is 0.0223. The van der Waals surface area contributed by atoms with E-state index in [1.807, 2.05) is 0 Å². The molecule has 1 amide bonds. The smallest absolute Gasteiger partial charge is 0.305 e. The number of anilines is 1. The van der Waals surface area contributed by atoms with E-state index in [4.69, 9.17) is 0 Å². The molecule has 0 aliphatic heterocycles. The summed E-state index contributed by atoms with van der Waals surface area (Å²) in [5.41, 5.74) is 0.437. The number of ether oxygens (including phenoxy) is 1. The average Bonchev–Trinajstić information content (AvgIpc) is 2.46. The van der Waals surface area contributed by atoms with Gasteiger partial charge in [-0.1, -0.05) is 12.1 Å². The van der Waals surface area contributed by atoms with Gasteiger partial charge in [0.15, 0.2) is 0 Å². The number of hydrogen-bond acceptors (Lipinski definition) is 5. The molecule has 0 bridgehead atoms. The van der Waals surface area contributed by atoms with Gasteiger partial charge in [-0.25, -0.2) is 8.42 Å². The van der Waals surface area contributed by atoms with Crippen LogP contribution in [0.4, 0.5) is 5.69 Å². The van der Waals surface area contributed by atoms with Crippen molar-refractivity contribution in [1.29, 1.82) is 0 Å². The Morgan fingerprint density at radius 1 is 1.24 bits per heavy atom. The molecule has 0 atom stereocenters. The average molecular weight is 314 g/mol. The summed E-state index contributed by atoms with van der Waals surface area (Å²) < 4.78 is 30.7. The van der Waals surface area contributed by atoms with E-state index in [2.05, 4.69) is 14.8 Å². The highest BCUT2D eigenvalue weighted by atomic mass is 32.2. The van der Waals surface area contributed by atoms with Gasteiger partial charge in [-0.3, -0.25) is 14.3 Å². The zero-order valence-corrected chi connectivity index (χ0v) is 12.7. The Bertz CT molecular complexity index is 613. The van der Waals surface area contributed by atoms with Crippen molar-refractivity contribution in [3.05, 3.63) is 29.8 Å². The molecule has 1 aromatic carbocycles. The lowest BCUT2D eigenvalue weighted by molar-refractivity contribution is -0.140. The third-order valence-electron chi connectivity index (χ3n) is 2.69. The standard InChI is InChI=1S/C13H18N2O5S/c1-14-13(17)10-6-3-4-7-11(10)15-21(18,19)9-5-8-12(16)20-2/h3-4,6-7,15H,5,8-9H2,1-2H3,(H,14,17). The fraction of sp³-hybridized carbons (Fsp3) is 0.385. The molecule has 2 N–H and O–H groups in total. The number of para-hydroxylation sites is 1. The van der Waals surface area contributed by atoms with Gasteiger partial charge in [0.2, 0.25) is 10.0 Å². The first kappa shape index (κ1) is 17.0. The number of benzene rings is 1. The van der Waals surface area contributed by atoms with Gasteiger partial charge >= 0.3 is 5.97 Å². The van der Waals surface area contributed by atoms with Crippen LogP contribution in [0.3, 0.4) is 0 Å². The Labute approximate surface area is 123 Å². The fourth-order valence-corrected chi connectivity index (χ4v) is 2.77. The van der Waals surface area contributed by atoms with E-state index in [0.717, 1.165) is 0 Å². The number of hydrogen-bond donors (Lipinski definition) is 2. The lowest BCUT2D eigenvalue weighted by Gasteiger charge is -2.11. The summed E-state index contributed by atoms with van der Waals surface area (Å²) in [6, 6.07) is 6.28. The summed E-state index contributed by atoms with van der Waals surface area (Å²) in [6.45, 7) is 0. The van der Waals surface area contributed by atoms with Crippen LogP contribution >= 0.6 is 0 Å². The number of rotatable bonds is 7. The molecule has 1 rings (SSSR count). The molecular weight excluding hydrogens is 296 g/mol. The maximum absolute atomic E-state index is 11.9. The number of carbonyl (C=O) groups excluding carboxylic acids is 2. The molecular formula is C13H18N2O5S. The van der Waals surface area contributed by atoms with Crippen LogP contribution in [-0.2, 0) is 19.6 Å². The molecule has 0 unspecified atom stereocenters. The summed E-state index contributed by atoms with van der Waals surface area (Å²) in [6.07, 6.45) is 0.165. The number of carbonyl (C=O) groups is 2. The minimum Gasteiger partial charge on any atom is -0.469 e. The lowest BCUT2D eigenvalue weighted by Crippen LogP contribution is -2.23. The van der Waals surface area contributed by atoms with E-state index >= 15 is 0 Å². The van der Waals surface area contributed by atoms with Crippen LogP contribution in [-0.4, -0.2) is 40.2 Å². The van der Waals surface area contributed by atoms with E-state index < -0.39 is 16.0 Å². The van der Waals surface area contributed by atoms with Gasteiger partial charge in [-0.05, 0) is 18.6 Å². The third kappa shape index (κ3) is 5.42. The molecule has 7 nitrogen and oxygen atoms in total. The number of methoxy groups -OCH3 is 1. The van der Waals surface area contributed by atoms with E-state index in [1.165, 1.54) is 26.3 Å². The molecule has 21 heavy (non-hydrogen) atoms. The largest absolute Gasteiger partial charge is 0.469 e. The molecule has 0 aromatic heterocycles. The molecule has 1 aromatic rings. The first-order valence-corrected chi connectivity index (χ1v) is 7.93. The number of esters is 1. The van der Waals surface area contributed by atoms with Crippen LogP contribution in [0, 0.1) is 0 Å². The van der Waals surface area contributed by atoms with Crippen molar-refractivity contribution in [2.24, 2.45) is 0 Å². The van der Waals surface area contributed by atoms with Crippen LogP contribution in [0.25, 0.3) is 0 Å². The second-order valence-electron chi connectivity index (χ2n) is 4.23. The van der Waals surface area contributed by atoms with Crippen LogP contribution in [0.5, 0.6) is 0 Å². The Kier molecular flexibility index (Phi) is 6.16. The molecule has 116 valence electrons. The second kappa shape index (κ2) is 7.63. The number of sulfonamides is 1. The van der Waals surface area contributed by atoms with Crippen molar-refractivity contribution in [2.75, 3.05) is 24.6 Å². The highest BCUT2D eigenvalue weighted by molar-refractivity contribution is 7.92. The van der Waals surface area contributed by atoms with Crippen LogP contribution in [0.2, 0.25) is 0 Å². The van der Waals surface area contributed by atoms with E-state index in [0.29, 0.717) is 0 Å². The summed E-state index contributed by atoms with van der Waals surface area (Å²) in [4.78, 5) is 22.6. The van der Waals surface area contributed by atoms with Crippen molar-refractivity contribution in [1.82, 2.24) is 5.32 Å².